The standard InChI is InChI=1S/C13H17IN2.2ClH/c1-2-13(16-8-6-15-7-9-16)11-4-3-5-12(14)10-11;;/h2-5,10,13,15H,1,6-9H2;2*1H/t13-;;/m0../s1. The molecule has 2 rings (SSSR count). The molecule has 5 heteroatoms. The molecule has 1 fully saturated rings. The molecule has 1 aliphatic heterocycles. The number of halogens is 3. The molecule has 2 nitrogen and oxygen atoms in total. The predicted molar refractivity (Wildman–Crippen MR) is 91.0 cm³/mol. The van der Waals surface area contributed by atoms with Crippen LogP contribution in [0.15, 0.2) is 36.9 Å². The second-order valence-corrected chi connectivity index (χ2v) is 5.27. The van der Waals surface area contributed by atoms with Gasteiger partial charge in [0, 0.05) is 29.7 Å². The van der Waals surface area contributed by atoms with Crippen molar-refractivity contribution in [2.45, 2.75) is 6.04 Å². The normalized spacial score (nSPS) is 17.2. The lowest BCUT2D eigenvalue weighted by Gasteiger charge is -2.33. The summed E-state index contributed by atoms with van der Waals surface area (Å²) < 4.78 is 1.29. The van der Waals surface area contributed by atoms with E-state index in [0.29, 0.717) is 6.04 Å². The van der Waals surface area contributed by atoms with Crippen molar-refractivity contribution in [3.8, 4) is 0 Å². The first-order chi connectivity index (χ1) is 7.81. The molecule has 0 aliphatic carbocycles. The fourth-order valence-electron chi connectivity index (χ4n) is 2.15. The maximum absolute atomic E-state index is 3.98. The van der Waals surface area contributed by atoms with Crippen molar-refractivity contribution in [2.24, 2.45) is 0 Å². The lowest BCUT2D eigenvalue weighted by Crippen LogP contribution is -2.44. The van der Waals surface area contributed by atoms with Gasteiger partial charge in [-0.1, -0.05) is 18.2 Å². The van der Waals surface area contributed by atoms with Crippen molar-refractivity contribution in [1.82, 2.24) is 10.2 Å². The quantitative estimate of drug-likeness (QED) is 0.618. The summed E-state index contributed by atoms with van der Waals surface area (Å²) in [6.07, 6.45) is 2.05. The van der Waals surface area contributed by atoms with Gasteiger partial charge >= 0.3 is 0 Å². The number of benzene rings is 1. The first-order valence-electron chi connectivity index (χ1n) is 5.64. The molecule has 1 heterocycles. The van der Waals surface area contributed by atoms with Gasteiger partial charge in [-0.25, -0.2) is 0 Å². The molecule has 1 N–H and O–H groups in total. The summed E-state index contributed by atoms with van der Waals surface area (Å²) in [5.74, 6) is 0. The molecule has 1 aromatic carbocycles. The first kappa shape index (κ1) is 18.2. The highest BCUT2D eigenvalue weighted by Gasteiger charge is 2.19. The molecular formula is C13H19Cl2IN2. The SMILES string of the molecule is C=C[C@@H](c1cccc(I)c1)N1CCNCC1.Cl.Cl. The Bertz CT molecular complexity index is 368. The van der Waals surface area contributed by atoms with Crippen LogP contribution in [-0.2, 0) is 0 Å². The van der Waals surface area contributed by atoms with E-state index in [1.165, 1.54) is 9.13 Å². The van der Waals surface area contributed by atoms with Crippen LogP contribution in [0.25, 0.3) is 0 Å². The molecule has 0 unspecified atom stereocenters. The van der Waals surface area contributed by atoms with Gasteiger partial charge in [-0.15, -0.1) is 31.4 Å². The van der Waals surface area contributed by atoms with E-state index in [0.717, 1.165) is 26.2 Å². The van der Waals surface area contributed by atoms with E-state index in [1.807, 2.05) is 0 Å². The zero-order valence-corrected chi connectivity index (χ0v) is 13.9. The van der Waals surface area contributed by atoms with Crippen molar-refractivity contribution in [3.63, 3.8) is 0 Å². The van der Waals surface area contributed by atoms with Crippen LogP contribution in [0.5, 0.6) is 0 Å². The van der Waals surface area contributed by atoms with E-state index in [4.69, 9.17) is 0 Å². The van der Waals surface area contributed by atoms with Gasteiger partial charge < -0.3 is 5.32 Å². The van der Waals surface area contributed by atoms with E-state index in [2.05, 4.69) is 69.7 Å². The predicted octanol–water partition coefficient (Wildman–Crippen LogP) is 3.27. The zero-order chi connectivity index (χ0) is 11.4. The number of hydrogen-bond donors (Lipinski definition) is 1. The Morgan fingerprint density at radius 2 is 1.94 bits per heavy atom. The largest absolute Gasteiger partial charge is 0.314 e. The molecule has 18 heavy (non-hydrogen) atoms. The molecule has 0 aromatic heterocycles. The summed E-state index contributed by atoms with van der Waals surface area (Å²) in [5, 5.41) is 3.38. The average molecular weight is 401 g/mol. The van der Waals surface area contributed by atoms with Crippen LogP contribution in [0, 0.1) is 3.57 Å². The highest BCUT2D eigenvalue weighted by molar-refractivity contribution is 14.1. The van der Waals surface area contributed by atoms with Crippen molar-refractivity contribution in [3.05, 3.63) is 46.1 Å². The van der Waals surface area contributed by atoms with Gasteiger partial charge in [0.05, 0.1) is 6.04 Å². The summed E-state index contributed by atoms with van der Waals surface area (Å²) in [6.45, 7) is 8.33. The highest BCUT2D eigenvalue weighted by atomic mass is 127. The molecule has 0 saturated carbocycles. The maximum Gasteiger partial charge on any atom is 0.0530 e. The molecule has 1 atom stereocenters. The molecule has 1 aromatic rings. The van der Waals surface area contributed by atoms with Crippen LogP contribution in [0.2, 0.25) is 0 Å². The molecule has 1 saturated heterocycles. The second-order valence-electron chi connectivity index (χ2n) is 4.02. The second kappa shape index (κ2) is 9.15. The van der Waals surface area contributed by atoms with Crippen LogP contribution in [0.1, 0.15) is 11.6 Å². The fraction of sp³-hybridized carbons (Fsp3) is 0.385. The van der Waals surface area contributed by atoms with Crippen LogP contribution in [0.4, 0.5) is 0 Å². The van der Waals surface area contributed by atoms with Gasteiger partial charge in [-0.2, -0.15) is 0 Å². The lowest BCUT2D eigenvalue weighted by atomic mass is 10.0. The summed E-state index contributed by atoms with van der Waals surface area (Å²) in [6, 6.07) is 9.04. The van der Waals surface area contributed by atoms with Gasteiger partial charge in [0.1, 0.15) is 0 Å². The summed E-state index contributed by atoms with van der Waals surface area (Å²) in [5.41, 5.74) is 1.35. The number of nitrogens with zero attached hydrogens (tertiary/aromatic N) is 1. The van der Waals surface area contributed by atoms with Crippen molar-refractivity contribution >= 4 is 47.4 Å². The molecule has 0 radical (unpaired) electrons. The number of rotatable bonds is 3. The molecule has 0 spiro atoms. The minimum atomic E-state index is 0. The van der Waals surface area contributed by atoms with Crippen LogP contribution >= 0.6 is 47.4 Å². The average Bonchev–Trinajstić information content (AvgIpc) is 2.31. The fourth-order valence-corrected chi connectivity index (χ4v) is 2.71. The Kier molecular flexibility index (Phi) is 9.25. The Balaban J connectivity index is 0.00000144. The first-order valence-corrected chi connectivity index (χ1v) is 6.72. The molecule has 102 valence electrons. The third-order valence-electron chi connectivity index (χ3n) is 2.96. The summed E-state index contributed by atoms with van der Waals surface area (Å²) in [4.78, 5) is 2.48. The number of hydrogen-bond acceptors (Lipinski definition) is 2. The van der Waals surface area contributed by atoms with Gasteiger partial charge in [0.15, 0.2) is 0 Å². The smallest absolute Gasteiger partial charge is 0.0530 e. The van der Waals surface area contributed by atoms with Crippen LogP contribution in [0.3, 0.4) is 0 Å². The lowest BCUT2D eigenvalue weighted by molar-refractivity contribution is 0.203. The van der Waals surface area contributed by atoms with Crippen LogP contribution < -0.4 is 5.32 Å². The van der Waals surface area contributed by atoms with Crippen molar-refractivity contribution < 1.29 is 0 Å². The van der Waals surface area contributed by atoms with Gasteiger partial charge in [-0.05, 0) is 40.3 Å². The monoisotopic (exact) mass is 400 g/mol. The Morgan fingerprint density at radius 1 is 1.28 bits per heavy atom. The van der Waals surface area contributed by atoms with Gasteiger partial charge in [0.2, 0.25) is 0 Å². The van der Waals surface area contributed by atoms with Crippen molar-refractivity contribution in [1.29, 1.82) is 0 Å². The van der Waals surface area contributed by atoms with E-state index in [-0.39, 0.29) is 24.8 Å². The Labute approximate surface area is 135 Å². The molecular weight excluding hydrogens is 382 g/mol. The molecule has 1 aliphatic rings. The topological polar surface area (TPSA) is 15.3 Å². The zero-order valence-electron chi connectivity index (χ0n) is 10.1. The molecule has 0 bridgehead atoms. The summed E-state index contributed by atoms with van der Waals surface area (Å²) in [7, 11) is 0. The van der Waals surface area contributed by atoms with Gasteiger partial charge in [0.25, 0.3) is 0 Å². The minimum absolute atomic E-state index is 0. The number of nitrogens with one attached hydrogen (secondary N) is 1. The van der Waals surface area contributed by atoms with Crippen molar-refractivity contribution in [2.75, 3.05) is 26.2 Å². The summed E-state index contributed by atoms with van der Waals surface area (Å²) >= 11 is 2.36. The van der Waals surface area contributed by atoms with Crippen LogP contribution in [-0.4, -0.2) is 31.1 Å². The molecule has 0 amide bonds. The number of piperazine rings is 1. The highest BCUT2D eigenvalue weighted by Crippen LogP contribution is 2.23. The maximum atomic E-state index is 3.98. The van der Waals surface area contributed by atoms with E-state index >= 15 is 0 Å². The third kappa shape index (κ3) is 4.70. The minimum Gasteiger partial charge on any atom is -0.314 e. The Morgan fingerprint density at radius 3 is 2.50 bits per heavy atom. The van der Waals surface area contributed by atoms with E-state index in [1.54, 1.807) is 0 Å². The van der Waals surface area contributed by atoms with Gasteiger partial charge in [-0.3, -0.25) is 4.90 Å². The van der Waals surface area contributed by atoms with E-state index in [9.17, 15) is 0 Å². The Hall–Kier alpha value is 0.190. The third-order valence-corrected chi connectivity index (χ3v) is 3.63. The van der Waals surface area contributed by atoms with E-state index < -0.39 is 0 Å².